The summed E-state index contributed by atoms with van der Waals surface area (Å²) < 4.78 is 7.47. The minimum absolute atomic E-state index is 0.190. The molecule has 2 aliphatic rings. The van der Waals surface area contributed by atoms with Crippen LogP contribution in [0.4, 0.5) is 22.4 Å². The first-order chi connectivity index (χ1) is 15.2. The van der Waals surface area contributed by atoms with Gasteiger partial charge in [0.1, 0.15) is 11.1 Å². The maximum absolute atomic E-state index is 12.7. The molecule has 10 heteroatoms. The van der Waals surface area contributed by atoms with Crippen molar-refractivity contribution in [3.8, 4) is 0 Å². The van der Waals surface area contributed by atoms with E-state index in [0.717, 1.165) is 42.7 Å². The summed E-state index contributed by atoms with van der Waals surface area (Å²) in [7, 11) is 0. The molecule has 5 rings (SSSR count). The van der Waals surface area contributed by atoms with Gasteiger partial charge in [-0.1, -0.05) is 0 Å². The molecule has 2 saturated heterocycles. The fourth-order valence-electron chi connectivity index (χ4n) is 4.79. The number of aromatic nitrogens is 5. The molecule has 5 heterocycles. The second-order valence-corrected chi connectivity index (χ2v) is 9.77. The summed E-state index contributed by atoms with van der Waals surface area (Å²) in [6, 6.07) is 6.45. The largest absolute Gasteiger partial charge is 0.444 e. The maximum Gasteiger partial charge on any atom is 0.410 e. The zero-order valence-electron chi connectivity index (χ0n) is 18.9. The Balaban J connectivity index is 1.33. The number of ether oxygens (including phenoxy) is 1. The molecule has 0 radical (unpaired) electrons. The van der Waals surface area contributed by atoms with Crippen LogP contribution in [0.15, 0.2) is 24.4 Å². The number of piperidine rings is 1. The molecule has 10 nitrogen and oxygen atoms in total. The predicted molar refractivity (Wildman–Crippen MR) is 121 cm³/mol. The third kappa shape index (κ3) is 4.09. The SMILES string of the molecule is Cc1cc(Nc2nc(NC3CC4CCC(C3)N4C(=O)OC(C)(C)C)c3cccn3n2)n[nH]1. The zero-order valence-corrected chi connectivity index (χ0v) is 18.9. The van der Waals surface area contributed by atoms with Gasteiger partial charge in [0.25, 0.3) is 0 Å². The molecule has 3 N–H and O–H groups in total. The fraction of sp³-hybridized carbons (Fsp3) is 0.545. The average molecular weight is 439 g/mol. The number of hydrogen-bond acceptors (Lipinski definition) is 7. The lowest BCUT2D eigenvalue weighted by atomic mass is 9.97. The van der Waals surface area contributed by atoms with Crippen molar-refractivity contribution in [3.05, 3.63) is 30.1 Å². The number of carbonyl (C=O) groups is 1. The summed E-state index contributed by atoms with van der Waals surface area (Å²) >= 11 is 0. The molecule has 2 fully saturated rings. The van der Waals surface area contributed by atoms with Crippen molar-refractivity contribution in [1.82, 2.24) is 29.7 Å². The van der Waals surface area contributed by atoms with Gasteiger partial charge in [-0.25, -0.2) is 9.31 Å². The van der Waals surface area contributed by atoms with Gasteiger partial charge in [0.05, 0.1) is 0 Å². The Bertz CT molecular complexity index is 1120. The monoisotopic (exact) mass is 438 g/mol. The number of hydrogen-bond donors (Lipinski definition) is 3. The Morgan fingerprint density at radius 3 is 2.66 bits per heavy atom. The van der Waals surface area contributed by atoms with Gasteiger partial charge in [-0.3, -0.25) is 5.10 Å². The second-order valence-electron chi connectivity index (χ2n) is 9.77. The third-order valence-electron chi connectivity index (χ3n) is 6.02. The third-order valence-corrected chi connectivity index (χ3v) is 6.02. The number of amides is 1. The van der Waals surface area contributed by atoms with Crippen LogP contribution >= 0.6 is 0 Å². The first kappa shape index (κ1) is 20.6. The van der Waals surface area contributed by atoms with Crippen LogP contribution in [0.3, 0.4) is 0 Å². The lowest BCUT2D eigenvalue weighted by Crippen LogP contribution is -2.51. The highest BCUT2D eigenvalue weighted by atomic mass is 16.6. The van der Waals surface area contributed by atoms with Gasteiger partial charge in [0.2, 0.25) is 5.95 Å². The van der Waals surface area contributed by atoms with E-state index in [1.807, 2.05) is 61.5 Å². The van der Waals surface area contributed by atoms with Crippen LogP contribution in [0.2, 0.25) is 0 Å². The highest BCUT2D eigenvalue weighted by molar-refractivity contribution is 5.71. The average Bonchev–Trinajstić information content (AvgIpc) is 3.39. The van der Waals surface area contributed by atoms with Gasteiger partial charge in [0, 0.05) is 36.1 Å². The number of nitrogens with one attached hydrogen (secondary N) is 3. The lowest BCUT2D eigenvalue weighted by Gasteiger charge is -2.39. The van der Waals surface area contributed by atoms with Crippen LogP contribution in [-0.2, 0) is 4.74 Å². The Kier molecular flexibility index (Phi) is 4.94. The van der Waals surface area contributed by atoms with Gasteiger partial charge in [-0.15, -0.1) is 5.10 Å². The van der Waals surface area contributed by atoms with Crippen LogP contribution in [0.1, 0.15) is 52.1 Å². The molecular formula is C22H30N8O2. The molecule has 1 amide bonds. The quantitative estimate of drug-likeness (QED) is 0.567. The number of nitrogens with zero attached hydrogens (tertiary/aromatic N) is 5. The van der Waals surface area contributed by atoms with Gasteiger partial charge >= 0.3 is 6.09 Å². The smallest absolute Gasteiger partial charge is 0.410 e. The minimum atomic E-state index is -0.483. The first-order valence-electron chi connectivity index (χ1n) is 11.2. The van der Waals surface area contributed by atoms with Crippen molar-refractivity contribution in [2.24, 2.45) is 0 Å². The number of H-pyrrole nitrogens is 1. The molecule has 0 aromatic carbocycles. The molecule has 3 aromatic rings. The molecule has 0 spiro atoms. The van der Waals surface area contributed by atoms with Crippen molar-refractivity contribution in [2.45, 2.75) is 77.1 Å². The standard InChI is InChI=1S/C22H30N8O2/c1-13-10-18(27-26-13)24-20-25-19(17-6-5-9-29(17)28-20)23-14-11-15-7-8-16(12-14)30(15)21(31)32-22(2,3)4/h5-6,9-10,14-16H,7-8,11-12H2,1-4H3,(H3,23,24,25,26,27,28). The highest BCUT2D eigenvalue weighted by Gasteiger charge is 2.45. The minimum Gasteiger partial charge on any atom is -0.444 e. The Morgan fingerprint density at radius 2 is 2.00 bits per heavy atom. The summed E-state index contributed by atoms with van der Waals surface area (Å²) in [5.41, 5.74) is 1.39. The molecule has 32 heavy (non-hydrogen) atoms. The molecule has 2 unspecified atom stereocenters. The zero-order chi connectivity index (χ0) is 22.5. The molecule has 2 bridgehead atoms. The van der Waals surface area contributed by atoms with Gasteiger partial charge < -0.3 is 20.3 Å². The first-order valence-corrected chi connectivity index (χ1v) is 11.2. The van der Waals surface area contributed by atoms with Gasteiger partial charge in [-0.05, 0) is 65.5 Å². The van der Waals surface area contributed by atoms with Crippen LogP contribution in [0.5, 0.6) is 0 Å². The van der Waals surface area contributed by atoms with Crippen molar-refractivity contribution >= 4 is 29.2 Å². The van der Waals surface area contributed by atoms with Crippen LogP contribution < -0.4 is 10.6 Å². The van der Waals surface area contributed by atoms with E-state index in [1.54, 1.807) is 0 Å². The summed E-state index contributed by atoms with van der Waals surface area (Å²) in [6.07, 6.45) is 5.47. The van der Waals surface area contributed by atoms with E-state index >= 15 is 0 Å². The van der Waals surface area contributed by atoms with Crippen molar-refractivity contribution in [2.75, 3.05) is 10.6 Å². The molecule has 0 aliphatic carbocycles. The lowest BCUT2D eigenvalue weighted by molar-refractivity contribution is 0.00683. The van der Waals surface area contributed by atoms with E-state index in [9.17, 15) is 4.79 Å². The van der Waals surface area contributed by atoms with E-state index < -0.39 is 5.60 Å². The topological polar surface area (TPSA) is 112 Å². The van der Waals surface area contributed by atoms with Crippen LogP contribution in [-0.4, -0.2) is 59.5 Å². The molecule has 0 saturated carbocycles. The molecule has 2 aliphatic heterocycles. The Labute approximate surface area is 186 Å². The summed E-state index contributed by atoms with van der Waals surface area (Å²) in [5, 5.41) is 18.4. The van der Waals surface area contributed by atoms with Crippen molar-refractivity contribution in [1.29, 1.82) is 0 Å². The highest BCUT2D eigenvalue weighted by Crippen LogP contribution is 2.38. The predicted octanol–water partition coefficient (Wildman–Crippen LogP) is 3.85. The van der Waals surface area contributed by atoms with E-state index in [4.69, 9.17) is 9.72 Å². The Hall–Kier alpha value is -3.30. The maximum atomic E-state index is 12.7. The number of rotatable bonds is 4. The summed E-state index contributed by atoms with van der Waals surface area (Å²) in [5.74, 6) is 1.91. The van der Waals surface area contributed by atoms with E-state index in [2.05, 4.69) is 25.9 Å². The van der Waals surface area contributed by atoms with Crippen molar-refractivity contribution in [3.63, 3.8) is 0 Å². The Morgan fingerprint density at radius 1 is 1.25 bits per heavy atom. The molecule has 2 atom stereocenters. The van der Waals surface area contributed by atoms with Crippen LogP contribution in [0, 0.1) is 6.92 Å². The fourth-order valence-corrected chi connectivity index (χ4v) is 4.79. The van der Waals surface area contributed by atoms with E-state index in [1.165, 1.54) is 0 Å². The van der Waals surface area contributed by atoms with Crippen molar-refractivity contribution < 1.29 is 9.53 Å². The number of aryl methyl sites for hydroxylation is 1. The summed E-state index contributed by atoms with van der Waals surface area (Å²) in [4.78, 5) is 19.4. The number of anilines is 3. The second kappa shape index (κ2) is 7.68. The molecular weight excluding hydrogens is 408 g/mol. The molecule has 3 aromatic heterocycles. The van der Waals surface area contributed by atoms with Gasteiger partial charge in [0.15, 0.2) is 11.6 Å². The van der Waals surface area contributed by atoms with E-state index in [0.29, 0.717) is 11.8 Å². The van der Waals surface area contributed by atoms with E-state index in [-0.39, 0.29) is 24.2 Å². The summed E-state index contributed by atoms with van der Waals surface area (Å²) in [6.45, 7) is 7.68. The number of aromatic amines is 1. The number of carbonyl (C=O) groups excluding carboxylic acids is 1. The molecule has 170 valence electrons. The number of fused-ring (bicyclic) bond motifs is 3. The van der Waals surface area contributed by atoms with Gasteiger partial charge in [-0.2, -0.15) is 10.1 Å². The normalized spacial score (nSPS) is 22.9. The van der Waals surface area contributed by atoms with Crippen LogP contribution in [0.25, 0.3) is 5.52 Å².